The lowest BCUT2D eigenvalue weighted by molar-refractivity contribution is 0.0862. The van der Waals surface area contributed by atoms with Gasteiger partial charge in [0.1, 0.15) is 11.6 Å². The van der Waals surface area contributed by atoms with Crippen LogP contribution in [0, 0.1) is 17.6 Å². The molecule has 1 aromatic carbocycles. The van der Waals surface area contributed by atoms with Crippen LogP contribution in [0.4, 0.5) is 8.78 Å². The zero-order valence-electron chi connectivity index (χ0n) is 11.3. The average Bonchev–Trinajstić information content (AvgIpc) is 3.06. The Balaban J connectivity index is 1.80. The number of rotatable bonds is 4. The molecule has 2 bridgehead atoms. The minimum absolute atomic E-state index is 0.0450. The van der Waals surface area contributed by atoms with Gasteiger partial charge < -0.3 is 10.1 Å². The maximum Gasteiger partial charge on any atom is 0.143 e. The molecule has 5 heteroatoms. The summed E-state index contributed by atoms with van der Waals surface area (Å²) in [6, 6.07) is 2.76. The van der Waals surface area contributed by atoms with E-state index in [0.717, 1.165) is 19.3 Å². The van der Waals surface area contributed by atoms with Crippen LogP contribution in [0.1, 0.15) is 24.8 Å². The molecule has 1 N–H and O–H groups in total. The molecule has 2 aliphatic rings. The molecule has 2 heterocycles. The fourth-order valence-electron chi connectivity index (χ4n) is 3.54. The van der Waals surface area contributed by atoms with Crippen molar-refractivity contribution < 1.29 is 13.5 Å². The molecule has 2 nitrogen and oxygen atoms in total. The molecule has 110 valence electrons. The molecular formula is C15H18BrF2NO. The Hall–Kier alpha value is -0.520. The highest BCUT2D eigenvalue weighted by molar-refractivity contribution is 9.10. The van der Waals surface area contributed by atoms with Crippen molar-refractivity contribution in [2.45, 2.75) is 43.9 Å². The molecule has 1 aromatic rings. The van der Waals surface area contributed by atoms with E-state index in [0.29, 0.717) is 22.9 Å². The molecular weight excluding hydrogens is 328 g/mol. The highest BCUT2D eigenvalue weighted by Gasteiger charge is 2.44. The van der Waals surface area contributed by atoms with Crippen molar-refractivity contribution in [2.75, 3.05) is 7.05 Å². The van der Waals surface area contributed by atoms with Gasteiger partial charge in [0, 0.05) is 17.5 Å². The van der Waals surface area contributed by atoms with E-state index >= 15 is 0 Å². The van der Waals surface area contributed by atoms with Crippen LogP contribution in [0.25, 0.3) is 0 Å². The van der Waals surface area contributed by atoms with Crippen molar-refractivity contribution in [1.82, 2.24) is 5.32 Å². The van der Waals surface area contributed by atoms with E-state index in [1.165, 1.54) is 12.1 Å². The molecule has 20 heavy (non-hydrogen) atoms. The summed E-state index contributed by atoms with van der Waals surface area (Å²) in [5.74, 6) is -0.624. The van der Waals surface area contributed by atoms with Gasteiger partial charge >= 0.3 is 0 Å². The van der Waals surface area contributed by atoms with Gasteiger partial charge in [-0.05, 0) is 60.8 Å². The Labute approximate surface area is 126 Å². The molecule has 2 aliphatic heterocycles. The first-order chi connectivity index (χ1) is 9.60. The fraction of sp³-hybridized carbons (Fsp3) is 0.600. The molecule has 0 saturated carbocycles. The minimum Gasteiger partial charge on any atom is -0.375 e. The molecule has 4 unspecified atom stereocenters. The Bertz CT molecular complexity index is 511. The van der Waals surface area contributed by atoms with E-state index < -0.39 is 11.6 Å². The van der Waals surface area contributed by atoms with E-state index in [2.05, 4.69) is 21.2 Å². The van der Waals surface area contributed by atoms with E-state index in [4.69, 9.17) is 4.74 Å². The summed E-state index contributed by atoms with van der Waals surface area (Å²) in [5, 5.41) is 3.22. The number of ether oxygens (including phenoxy) is 1. The van der Waals surface area contributed by atoms with Gasteiger partial charge in [-0.25, -0.2) is 8.78 Å². The lowest BCUT2D eigenvalue weighted by Crippen LogP contribution is -2.40. The van der Waals surface area contributed by atoms with Crippen LogP contribution in [0.2, 0.25) is 0 Å². The molecule has 2 saturated heterocycles. The maximum atomic E-state index is 14.1. The molecule has 0 amide bonds. The normalized spacial score (nSPS) is 29.9. The monoisotopic (exact) mass is 345 g/mol. The van der Waals surface area contributed by atoms with Crippen molar-refractivity contribution in [3.8, 4) is 0 Å². The predicted octanol–water partition coefficient (Wildman–Crippen LogP) is 3.43. The molecule has 2 fully saturated rings. The molecule has 4 atom stereocenters. The summed E-state index contributed by atoms with van der Waals surface area (Å²) >= 11 is 3.12. The second-order valence-corrected chi connectivity index (χ2v) is 6.55. The van der Waals surface area contributed by atoms with E-state index in [1.807, 2.05) is 7.05 Å². The number of halogens is 3. The van der Waals surface area contributed by atoms with Gasteiger partial charge in [0.25, 0.3) is 0 Å². The van der Waals surface area contributed by atoms with Crippen LogP contribution in [0.5, 0.6) is 0 Å². The van der Waals surface area contributed by atoms with Gasteiger partial charge in [0.2, 0.25) is 0 Å². The Morgan fingerprint density at radius 2 is 2.20 bits per heavy atom. The summed E-state index contributed by atoms with van der Waals surface area (Å²) in [7, 11) is 1.85. The van der Waals surface area contributed by atoms with E-state index in [9.17, 15) is 8.78 Å². The van der Waals surface area contributed by atoms with Gasteiger partial charge in [-0.1, -0.05) is 0 Å². The number of benzene rings is 1. The fourth-order valence-corrected chi connectivity index (χ4v) is 3.92. The molecule has 0 radical (unpaired) electrons. The number of hydrogen-bond acceptors (Lipinski definition) is 2. The summed E-state index contributed by atoms with van der Waals surface area (Å²) in [6.45, 7) is 0. The quantitative estimate of drug-likeness (QED) is 0.844. The van der Waals surface area contributed by atoms with Gasteiger partial charge in [0.15, 0.2) is 0 Å². The van der Waals surface area contributed by atoms with Crippen LogP contribution < -0.4 is 5.32 Å². The van der Waals surface area contributed by atoms with Crippen molar-refractivity contribution in [1.29, 1.82) is 0 Å². The smallest absolute Gasteiger partial charge is 0.143 e. The first-order valence-corrected chi connectivity index (χ1v) is 7.84. The highest BCUT2D eigenvalue weighted by Crippen LogP contribution is 2.41. The third-order valence-corrected chi connectivity index (χ3v) is 5.22. The Morgan fingerprint density at radius 1 is 1.40 bits per heavy atom. The van der Waals surface area contributed by atoms with Crippen LogP contribution in [-0.2, 0) is 11.2 Å². The number of hydrogen-bond donors (Lipinski definition) is 1. The van der Waals surface area contributed by atoms with Crippen molar-refractivity contribution in [2.24, 2.45) is 5.92 Å². The largest absolute Gasteiger partial charge is 0.375 e. The van der Waals surface area contributed by atoms with Crippen molar-refractivity contribution in [3.05, 3.63) is 33.8 Å². The number of likely N-dealkylation sites (N-methyl/N-ethyl adjacent to an activating group) is 1. The van der Waals surface area contributed by atoms with E-state index in [-0.39, 0.29) is 17.7 Å². The van der Waals surface area contributed by atoms with Gasteiger partial charge in [-0.3, -0.25) is 0 Å². The zero-order chi connectivity index (χ0) is 14.3. The summed E-state index contributed by atoms with van der Waals surface area (Å²) in [4.78, 5) is 0. The Kier molecular flexibility index (Phi) is 4.11. The standard InChI is InChI=1S/C15H18BrF2NO/c1-19-13(10-6-8-2-5-14(10)20-8)7-9-12(17)4-3-11(16)15(9)18/h3-4,8,10,13-14,19H,2,5-7H2,1H3. The first kappa shape index (κ1) is 14.4. The number of fused-ring (bicyclic) bond motifs is 2. The van der Waals surface area contributed by atoms with Gasteiger partial charge in [-0.15, -0.1) is 0 Å². The second kappa shape index (κ2) is 5.70. The van der Waals surface area contributed by atoms with Crippen molar-refractivity contribution >= 4 is 15.9 Å². The minimum atomic E-state index is -0.491. The lowest BCUT2D eigenvalue weighted by atomic mass is 9.81. The van der Waals surface area contributed by atoms with Crippen LogP contribution in [0.15, 0.2) is 16.6 Å². The molecule has 3 rings (SSSR count). The number of nitrogens with one attached hydrogen (secondary N) is 1. The average molecular weight is 346 g/mol. The van der Waals surface area contributed by atoms with Crippen molar-refractivity contribution in [3.63, 3.8) is 0 Å². The SMILES string of the molecule is CNC(Cc1c(F)ccc(Br)c1F)C1CC2CCC1O2. The maximum absolute atomic E-state index is 14.1. The topological polar surface area (TPSA) is 21.3 Å². The molecule has 0 aromatic heterocycles. The van der Waals surface area contributed by atoms with Crippen LogP contribution >= 0.6 is 15.9 Å². The summed E-state index contributed by atoms with van der Waals surface area (Å²) in [6.07, 6.45) is 4.13. The van der Waals surface area contributed by atoms with Gasteiger partial charge in [0.05, 0.1) is 16.7 Å². The van der Waals surface area contributed by atoms with Gasteiger partial charge in [-0.2, -0.15) is 0 Å². The first-order valence-electron chi connectivity index (χ1n) is 7.05. The third-order valence-electron chi connectivity index (χ3n) is 4.60. The van der Waals surface area contributed by atoms with Crippen LogP contribution in [0.3, 0.4) is 0 Å². The molecule has 0 spiro atoms. The predicted molar refractivity (Wildman–Crippen MR) is 76.6 cm³/mol. The molecule has 0 aliphatic carbocycles. The zero-order valence-corrected chi connectivity index (χ0v) is 12.9. The lowest BCUT2D eigenvalue weighted by Gasteiger charge is -2.28. The second-order valence-electron chi connectivity index (χ2n) is 5.69. The third kappa shape index (κ3) is 2.51. The van der Waals surface area contributed by atoms with Crippen LogP contribution in [-0.4, -0.2) is 25.3 Å². The summed E-state index contributed by atoms with van der Waals surface area (Å²) < 4.78 is 34.1. The Morgan fingerprint density at radius 3 is 2.80 bits per heavy atom. The van der Waals surface area contributed by atoms with E-state index in [1.54, 1.807) is 0 Å². The summed E-state index contributed by atoms with van der Waals surface area (Å²) in [5.41, 5.74) is 0.154. The highest BCUT2D eigenvalue weighted by atomic mass is 79.9.